The fraction of sp³-hybridized carbons (Fsp3) is 0.160. The SMILES string of the molecule is CCn1c(=O)c(C)nc2cc(C(=O)Nc3ccccc3Cc3ccccc3)ccc21. The number of rotatable bonds is 5. The smallest absolute Gasteiger partial charge is 0.272 e. The molecule has 5 nitrogen and oxygen atoms in total. The van der Waals surface area contributed by atoms with Crippen LogP contribution in [0.5, 0.6) is 0 Å². The van der Waals surface area contributed by atoms with Crippen molar-refractivity contribution in [2.45, 2.75) is 26.8 Å². The van der Waals surface area contributed by atoms with Crippen LogP contribution in [0.3, 0.4) is 0 Å². The molecule has 3 aromatic carbocycles. The van der Waals surface area contributed by atoms with Crippen LogP contribution < -0.4 is 10.9 Å². The number of nitrogens with one attached hydrogen (secondary N) is 1. The van der Waals surface area contributed by atoms with Gasteiger partial charge in [-0.2, -0.15) is 0 Å². The maximum Gasteiger partial charge on any atom is 0.272 e. The molecule has 0 unspecified atom stereocenters. The number of carbonyl (C=O) groups excluding carboxylic acids is 1. The van der Waals surface area contributed by atoms with Crippen LogP contribution in [0, 0.1) is 6.92 Å². The molecule has 0 saturated heterocycles. The molecule has 1 aromatic heterocycles. The Bertz CT molecular complexity index is 1280. The summed E-state index contributed by atoms with van der Waals surface area (Å²) >= 11 is 0. The van der Waals surface area contributed by atoms with Crippen molar-refractivity contribution < 1.29 is 4.79 Å². The van der Waals surface area contributed by atoms with Crippen molar-refractivity contribution in [3.63, 3.8) is 0 Å². The van der Waals surface area contributed by atoms with Crippen molar-refractivity contribution >= 4 is 22.6 Å². The van der Waals surface area contributed by atoms with E-state index in [-0.39, 0.29) is 11.5 Å². The summed E-state index contributed by atoms with van der Waals surface area (Å²) in [6.45, 7) is 4.17. The number of benzene rings is 3. The summed E-state index contributed by atoms with van der Waals surface area (Å²) in [6.07, 6.45) is 0.735. The summed E-state index contributed by atoms with van der Waals surface area (Å²) in [5.74, 6) is -0.203. The van der Waals surface area contributed by atoms with Crippen LogP contribution in [0.2, 0.25) is 0 Å². The molecule has 1 heterocycles. The topological polar surface area (TPSA) is 64.0 Å². The van der Waals surface area contributed by atoms with Gasteiger partial charge in [0.25, 0.3) is 11.5 Å². The van der Waals surface area contributed by atoms with E-state index in [0.717, 1.165) is 23.2 Å². The van der Waals surface area contributed by atoms with E-state index in [2.05, 4.69) is 22.4 Å². The Morgan fingerprint density at radius 1 is 1.00 bits per heavy atom. The monoisotopic (exact) mass is 397 g/mol. The zero-order valence-electron chi connectivity index (χ0n) is 17.1. The first-order valence-corrected chi connectivity index (χ1v) is 10.0. The van der Waals surface area contributed by atoms with Crippen molar-refractivity contribution in [3.05, 3.63) is 106 Å². The van der Waals surface area contributed by atoms with Gasteiger partial charge in [0.2, 0.25) is 0 Å². The predicted molar refractivity (Wildman–Crippen MR) is 120 cm³/mol. The van der Waals surface area contributed by atoms with Gasteiger partial charge >= 0.3 is 0 Å². The largest absolute Gasteiger partial charge is 0.322 e. The number of hydrogen-bond acceptors (Lipinski definition) is 3. The van der Waals surface area contributed by atoms with Crippen molar-refractivity contribution in [1.29, 1.82) is 0 Å². The van der Waals surface area contributed by atoms with E-state index in [4.69, 9.17) is 0 Å². The molecular weight excluding hydrogens is 374 g/mol. The second-order valence-electron chi connectivity index (χ2n) is 7.22. The summed E-state index contributed by atoms with van der Waals surface area (Å²) in [4.78, 5) is 29.6. The summed E-state index contributed by atoms with van der Waals surface area (Å²) in [6, 6.07) is 23.2. The molecular formula is C25H23N3O2. The quantitative estimate of drug-likeness (QED) is 0.537. The van der Waals surface area contributed by atoms with Gasteiger partial charge in [0.1, 0.15) is 5.69 Å². The van der Waals surface area contributed by atoms with Crippen LogP contribution in [0.4, 0.5) is 5.69 Å². The van der Waals surface area contributed by atoms with Gasteiger partial charge in [-0.15, -0.1) is 0 Å². The van der Waals surface area contributed by atoms with Crippen molar-refractivity contribution in [3.8, 4) is 0 Å². The van der Waals surface area contributed by atoms with E-state index < -0.39 is 0 Å². The van der Waals surface area contributed by atoms with Gasteiger partial charge in [-0.05, 0) is 55.7 Å². The molecule has 1 N–H and O–H groups in total. The van der Waals surface area contributed by atoms with Gasteiger partial charge in [-0.3, -0.25) is 9.59 Å². The van der Waals surface area contributed by atoms with Crippen LogP contribution in [0.15, 0.2) is 77.6 Å². The van der Waals surface area contributed by atoms with Gasteiger partial charge in [0, 0.05) is 17.8 Å². The molecule has 30 heavy (non-hydrogen) atoms. The van der Waals surface area contributed by atoms with Crippen LogP contribution in [-0.2, 0) is 13.0 Å². The molecule has 0 saturated carbocycles. The van der Waals surface area contributed by atoms with Crippen LogP contribution >= 0.6 is 0 Å². The highest BCUT2D eigenvalue weighted by Crippen LogP contribution is 2.21. The Hall–Kier alpha value is -3.73. The summed E-state index contributed by atoms with van der Waals surface area (Å²) in [5.41, 5.74) is 5.22. The van der Waals surface area contributed by atoms with Crippen molar-refractivity contribution in [2.24, 2.45) is 0 Å². The summed E-state index contributed by atoms with van der Waals surface area (Å²) < 4.78 is 1.68. The van der Waals surface area contributed by atoms with Crippen LogP contribution in [-0.4, -0.2) is 15.5 Å². The molecule has 0 aliphatic heterocycles. The number of amides is 1. The first kappa shape index (κ1) is 19.6. The number of fused-ring (bicyclic) bond motifs is 1. The molecule has 1 amide bonds. The Kier molecular flexibility index (Phi) is 5.44. The highest BCUT2D eigenvalue weighted by Gasteiger charge is 2.13. The molecule has 150 valence electrons. The Morgan fingerprint density at radius 2 is 1.73 bits per heavy atom. The Morgan fingerprint density at radius 3 is 2.50 bits per heavy atom. The maximum absolute atomic E-state index is 13.0. The lowest BCUT2D eigenvalue weighted by Gasteiger charge is -2.13. The third kappa shape index (κ3) is 3.87. The molecule has 4 rings (SSSR count). The number of hydrogen-bond donors (Lipinski definition) is 1. The first-order chi connectivity index (χ1) is 14.6. The maximum atomic E-state index is 13.0. The molecule has 0 atom stereocenters. The lowest BCUT2D eigenvalue weighted by molar-refractivity contribution is 0.102. The second kappa shape index (κ2) is 8.33. The fourth-order valence-corrected chi connectivity index (χ4v) is 3.64. The average Bonchev–Trinajstić information content (AvgIpc) is 2.76. The minimum atomic E-state index is -0.203. The van der Waals surface area contributed by atoms with E-state index in [0.29, 0.717) is 23.3 Å². The molecule has 0 spiro atoms. The normalized spacial score (nSPS) is 10.9. The number of carbonyl (C=O) groups is 1. The molecule has 0 bridgehead atoms. The molecule has 0 radical (unpaired) electrons. The lowest BCUT2D eigenvalue weighted by atomic mass is 10.0. The van der Waals surface area contributed by atoms with E-state index in [9.17, 15) is 9.59 Å². The summed E-state index contributed by atoms with van der Waals surface area (Å²) in [5, 5.41) is 3.03. The van der Waals surface area contributed by atoms with Crippen molar-refractivity contribution in [1.82, 2.24) is 9.55 Å². The number of para-hydroxylation sites is 1. The Labute approximate surface area is 175 Å². The third-order valence-corrected chi connectivity index (χ3v) is 5.19. The Balaban J connectivity index is 1.64. The van der Waals surface area contributed by atoms with E-state index >= 15 is 0 Å². The predicted octanol–water partition coefficient (Wildman–Crippen LogP) is 4.57. The third-order valence-electron chi connectivity index (χ3n) is 5.19. The number of aryl methyl sites for hydroxylation is 2. The molecule has 5 heteroatoms. The van der Waals surface area contributed by atoms with Gasteiger partial charge in [0.05, 0.1) is 11.0 Å². The number of aromatic nitrogens is 2. The van der Waals surface area contributed by atoms with Gasteiger partial charge in [-0.25, -0.2) is 4.98 Å². The van der Waals surface area contributed by atoms with Crippen LogP contribution in [0.25, 0.3) is 11.0 Å². The molecule has 0 fully saturated rings. The van der Waals surface area contributed by atoms with Crippen LogP contribution in [0.1, 0.15) is 34.1 Å². The lowest BCUT2D eigenvalue weighted by Crippen LogP contribution is -2.23. The fourth-order valence-electron chi connectivity index (χ4n) is 3.64. The zero-order chi connectivity index (χ0) is 21.1. The second-order valence-corrected chi connectivity index (χ2v) is 7.22. The molecule has 0 aliphatic carbocycles. The summed E-state index contributed by atoms with van der Waals surface area (Å²) in [7, 11) is 0. The zero-order valence-corrected chi connectivity index (χ0v) is 17.1. The van der Waals surface area contributed by atoms with Gasteiger partial charge in [0.15, 0.2) is 0 Å². The highest BCUT2D eigenvalue weighted by atomic mass is 16.1. The highest BCUT2D eigenvalue weighted by molar-refractivity contribution is 6.06. The number of anilines is 1. The van der Waals surface area contributed by atoms with E-state index in [1.54, 1.807) is 29.7 Å². The standard InChI is InChI=1S/C25H23N3O2/c1-3-28-23-14-13-20(16-22(23)26-17(2)25(28)30)24(29)27-21-12-8-7-11-19(21)15-18-9-5-4-6-10-18/h4-14,16H,3,15H2,1-2H3,(H,27,29). The van der Waals surface area contributed by atoms with Gasteiger partial charge < -0.3 is 9.88 Å². The van der Waals surface area contributed by atoms with Crippen molar-refractivity contribution in [2.75, 3.05) is 5.32 Å². The molecule has 4 aromatic rings. The van der Waals surface area contributed by atoms with E-state index in [1.807, 2.05) is 49.4 Å². The molecule has 0 aliphatic rings. The number of nitrogens with zero attached hydrogens (tertiary/aromatic N) is 2. The minimum absolute atomic E-state index is 0.1000. The minimum Gasteiger partial charge on any atom is -0.322 e. The van der Waals surface area contributed by atoms with E-state index in [1.165, 1.54) is 5.56 Å². The average molecular weight is 397 g/mol. The first-order valence-electron chi connectivity index (χ1n) is 10.0. The van der Waals surface area contributed by atoms with Gasteiger partial charge in [-0.1, -0.05) is 48.5 Å².